The molecule has 1 aromatic rings. The number of guanidine groups is 1. The first-order valence-corrected chi connectivity index (χ1v) is 8.21. The summed E-state index contributed by atoms with van der Waals surface area (Å²) in [5.74, 6) is 0.382. The molecule has 0 aromatic heterocycles. The van der Waals surface area contributed by atoms with Crippen LogP contribution in [0.3, 0.4) is 0 Å². The Hall–Kier alpha value is -1.03. The lowest BCUT2D eigenvalue weighted by molar-refractivity contribution is -0.132. The van der Waals surface area contributed by atoms with Gasteiger partial charge in [-0.3, -0.25) is 9.89 Å². The molecule has 8 heteroatoms. The van der Waals surface area contributed by atoms with E-state index in [9.17, 15) is 13.2 Å². The van der Waals surface area contributed by atoms with Crippen LogP contribution in [0, 0.1) is 0 Å². The number of nitrogens with zero attached hydrogens (tertiary/aromatic N) is 2. The largest absolute Gasteiger partial charge is 0.390 e. The van der Waals surface area contributed by atoms with E-state index in [1.165, 1.54) is 5.56 Å². The van der Waals surface area contributed by atoms with Gasteiger partial charge in [-0.2, -0.15) is 13.2 Å². The first kappa shape index (κ1) is 24.0. The van der Waals surface area contributed by atoms with Gasteiger partial charge in [0.2, 0.25) is 0 Å². The zero-order valence-electron chi connectivity index (χ0n) is 14.9. The summed E-state index contributed by atoms with van der Waals surface area (Å²) in [6.45, 7) is 6.34. The standard InChI is InChI=1S/C17H27F3N4.HI/c1-4-24(5-2)15(14-9-7-6-8-10-14)13-23-16(21-3)22-12-11-17(18,19)20;/h6-10,15H,4-5,11-13H2,1-3H3,(H2,21,22,23);1H. The fraction of sp³-hybridized carbons (Fsp3) is 0.588. The van der Waals surface area contributed by atoms with Gasteiger partial charge in [-0.25, -0.2) is 0 Å². The maximum Gasteiger partial charge on any atom is 0.390 e. The van der Waals surface area contributed by atoms with Gasteiger partial charge in [0, 0.05) is 20.1 Å². The van der Waals surface area contributed by atoms with E-state index in [0.717, 1.165) is 13.1 Å². The Bertz CT molecular complexity index is 490. The number of hydrogen-bond donors (Lipinski definition) is 2. The topological polar surface area (TPSA) is 39.7 Å². The van der Waals surface area contributed by atoms with Crippen LogP contribution < -0.4 is 10.6 Å². The second-order valence-corrected chi connectivity index (χ2v) is 5.39. The van der Waals surface area contributed by atoms with Crippen LogP contribution in [0.2, 0.25) is 0 Å². The molecule has 0 saturated heterocycles. The van der Waals surface area contributed by atoms with Crippen LogP contribution in [-0.2, 0) is 0 Å². The molecule has 0 heterocycles. The molecule has 0 amide bonds. The summed E-state index contributed by atoms with van der Waals surface area (Å²) in [4.78, 5) is 6.29. The Morgan fingerprint density at radius 1 is 1.12 bits per heavy atom. The molecular formula is C17H28F3IN4. The molecule has 0 radical (unpaired) electrons. The number of aliphatic imine (C=N–C) groups is 1. The van der Waals surface area contributed by atoms with Gasteiger partial charge in [0.15, 0.2) is 5.96 Å². The van der Waals surface area contributed by atoms with E-state index in [0.29, 0.717) is 12.5 Å². The van der Waals surface area contributed by atoms with Crippen LogP contribution in [0.4, 0.5) is 13.2 Å². The minimum atomic E-state index is -4.17. The van der Waals surface area contributed by atoms with Gasteiger partial charge in [-0.1, -0.05) is 44.2 Å². The summed E-state index contributed by atoms with van der Waals surface area (Å²) in [5, 5.41) is 5.84. The van der Waals surface area contributed by atoms with Crippen LogP contribution in [0.25, 0.3) is 0 Å². The SMILES string of the molecule is CCN(CC)C(CNC(=NC)NCCC(F)(F)F)c1ccccc1.I. The predicted octanol–water partition coefficient (Wildman–Crippen LogP) is 3.80. The fourth-order valence-corrected chi connectivity index (χ4v) is 2.53. The number of alkyl halides is 3. The van der Waals surface area contributed by atoms with E-state index in [1.807, 2.05) is 18.2 Å². The van der Waals surface area contributed by atoms with Crippen LogP contribution in [-0.4, -0.2) is 50.3 Å². The minimum absolute atomic E-state index is 0. The van der Waals surface area contributed by atoms with E-state index in [4.69, 9.17) is 0 Å². The molecule has 1 aromatic carbocycles. The van der Waals surface area contributed by atoms with Gasteiger partial charge in [0.05, 0.1) is 12.5 Å². The van der Waals surface area contributed by atoms with E-state index >= 15 is 0 Å². The molecule has 0 aliphatic heterocycles. The molecule has 0 saturated carbocycles. The zero-order chi connectivity index (χ0) is 18.0. The van der Waals surface area contributed by atoms with Crippen molar-refractivity contribution in [3.05, 3.63) is 35.9 Å². The molecule has 0 aliphatic rings. The van der Waals surface area contributed by atoms with E-state index in [2.05, 4.69) is 46.5 Å². The van der Waals surface area contributed by atoms with Crippen LogP contribution in [0.1, 0.15) is 31.9 Å². The Morgan fingerprint density at radius 3 is 2.20 bits per heavy atom. The lowest BCUT2D eigenvalue weighted by atomic mass is 10.1. The summed E-state index contributed by atoms with van der Waals surface area (Å²) in [7, 11) is 1.55. The third-order valence-electron chi connectivity index (χ3n) is 3.82. The maximum atomic E-state index is 12.2. The molecule has 1 atom stereocenters. The summed E-state index contributed by atoms with van der Waals surface area (Å²) in [6, 6.07) is 10.2. The van der Waals surface area contributed by atoms with Crippen LogP contribution in [0.5, 0.6) is 0 Å². The number of likely N-dealkylation sites (N-methyl/N-ethyl adjacent to an activating group) is 1. The molecule has 25 heavy (non-hydrogen) atoms. The highest BCUT2D eigenvalue weighted by Crippen LogP contribution is 2.20. The third kappa shape index (κ3) is 9.29. The molecule has 0 bridgehead atoms. The number of halogens is 4. The van der Waals surface area contributed by atoms with Crippen molar-refractivity contribution >= 4 is 29.9 Å². The summed E-state index contributed by atoms with van der Waals surface area (Å²) in [6.07, 6.45) is -5.05. The monoisotopic (exact) mass is 472 g/mol. The Balaban J connectivity index is 0.00000576. The number of nitrogens with one attached hydrogen (secondary N) is 2. The van der Waals surface area contributed by atoms with Gasteiger partial charge in [-0.15, -0.1) is 24.0 Å². The second kappa shape index (κ2) is 12.3. The van der Waals surface area contributed by atoms with Crippen molar-refractivity contribution in [1.29, 1.82) is 0 Å². The Labute approximate surface area is 165 Å². The van der Waals surface area contributed by atoms with Crippen molar-refractivity contribution in [3.8, 4) is 0 Å². The highest BCUT2D eigenvalue weighted by Gasteiger charge is 2.26. The molecule has 0 spiro atoms. The van der Waals surface area contributed by atoms with E-state index in [1.54, 1.807) is 7.05 Å². The van der Waals surface area contributed by atoms with Crippen molar-refractivity contribution in [1.82, 2.24) is 15.5 Å². The Kier molecular flexibility index (Phi) is 11.8. The highest BCUT2D eigenvalue weighted by atomic mass is 127. The highest BCUT2D eigenvalue weighted by molar-refractivity contribution is 14.0. The normalized spacial score (nSPS) is 13.3. The molecule has 144 valence electrons. The van der Waals surface area contributed by atoms with Gasteiger partial charge in [0.25, 0.3) is 0 Å². The Morgan fingerprint density at radius 2 is 1.72 bits per heavy atom. The first-order chi connectivity index (χ1) is 11.4. The molecule has 2 N–H and O–H groups in total. The summed E-state index contributed by atoms with van der Waals surface area (Å²) >= 11 is 0. The van der Waals surface area contributed by atoms with E-state index in [-0.39, 0.29) is 36.6 Å². The lowest BCUT2D eigenvalue weighted by Gasteiger charge is -2.30. The van der Waals surface area contributed by atoms with Crippen molar-refractivity contribution in [2.45, 2.75) is 32.5 Å². The van der Waals surface area contributed by atoms with Crippen molar-refractivity contribution < 1.29 is 13.2 Å². The number of benzene rings is 1. The minimum Gasteiger partial charge on any atom is -0.356 e. The van der Waals surface area contributed by atoms with Crippen molar-refractivity contribution in [3.63, 3.8) is 0 Å². The molecule has 1 rings (SSSR count). The molecule has 0 aliphatic carbocycles. The quantitative estimate of drug-likeness (QED) is 0.344. The third-order valence-corrected chi connectivity index (χ3v) is 3.82. The lowest BCUT2D eigenvalue weighted by Crippen LogP contribution is -2.44. The van der Waals surface area contributed by atoms with Crippen LogP contribution in [0.15, 0.2) is 35.3 Å². The summed E-state index contributed by atoms with van der Waals surface area (Å²) < 4.78 is 36.7. The molecule has 1 unspecified atom stereocenters. The summed E-state index contributed by atoms with van der Waals surface area (Å²) in [5.41, 5.74) is 1.17. The van der Waals surface area contributed by atoms with Gasteiger partial charge in [-0.05, 0) is 18.7 Å². The average Bonchev–Trinajstić information content (AvgIpc) is 2.56. The molecule has 0 fully saturated rings. The smallest absolute Gasteiger partial charge is 0.356 e. The number of hydrogen-bond acceptors (Lipinski definition) is 2. The van der Waals surface area contributed by atoms with Gasteiger partial charge >= 0.3 is 6.18 Å². The van der Waals surface area contributed by atoms with Crippen molar-refractivity contribution in [2.24, 2.45) is 4.99 Å². The second-order valence-electron chi connectivity index (χ2n) is 5.39. The van der Waals surface area contributed by atoms with Gasteiger partial charge < -0.3 is 10.6 Å². The zero-order valence-corrected chi connectivity index (χ0v) is 17.3. The van der Waals surface area contributed by atoms with Gasteiger partial charge in [0.1, 0.15) is 0 Å². The van der Waals surface area contributed by atoms with E-state index < -0.39 is 12.6 Å². The maximum absolute atomic E-state index is 12.2. The molecular weight excluding hydrogens is 444 g/mol. The predicted molar refractivity (Wildman–Crippen MR) is 108 cm³/mol. The average molecular weight is 472 g/mol. The number of rotatable bonds is 8. The van der Waals surface area contributed by atoms with Crippen molar-refractivity contribution in [2.75, 3.05) is 33.2 Å². The fourth-order valence-electron chi connectivity index (χ4n) is 2.53. The molecule has 4 nitrogen and oxygen atoms in total. The van der Waals surface area contributed by atoms with Crippen LogP contribution >= 0.6 is 24.0 Å². The first-order valence-electron chi connectivity index (χ1n) is 8.21.